The van der Waals surface area contributed by atoms with E-state index in [1.165, 1.54) is 34.3 Å². The number of aromatic amines is 1. The first-order chi connectivity index (χ1) is 19.4. The predicted octanol–water partition coefficient (Wildman–Crippen LogP) is 9.26. The largest absolute Gasteiger partial charge is 0.493 e. The van der Waals surface area contributed by atoms with Gasteiger partial charge in [-0.2, -0.15) is 0 Å². The molecule has 0 amide bonds. The first kappa shape index (κ1) is 30.8. The van der Waals surface area contributed by atoms with Gasteiger partial charge in [-0.3, -0.25) is 0 Å². The highest BCUT2D eigenvalue weighted by Crippen LogP contribution is 2.33. The van der Waals surface area contributed by atoms with Crippen LogP contribution in [0.2, 0.25) is 0 Å². The lowest BCUT2D eigenvalue weighted by molar-refractivity contribution is 0.215. The number of fused-ring (bicyclic) bond motifs is 1. The summed E-state index contributed by atoms with van der Waals surface area (Å²) in [7, 11) is 3.36. The number of H-pyrrole nitrogens is 1. The zero-order chi connectivity index (χ0) is 29.1. The lowest BCUT2D eigenvalue weighted by Crippen LogP contribution is -2.10. The maximum Gasteiger partial charge on any atom is 0.160 e. The van der Waals surface area contributed by atoms with Gasteiger partial charge in [-0.1, -0.05) is 58.4 Å². The standard InChI is InChI=1S/C32H38N2O3.C3H8/c1-7-10-24(27-20-32(36-6)31(35-5)17-21(27)3)11-9-16-37-30-15-13-25(18-23(30)8-2)26-12-14-28-29(19-26)34-22(4)33-28;1-3-2/h7,10,12-15,17-21H,8-9,11,16H2,1-6H3,(H,33,34);3H2,1-2H3/b10-7-,27-24+;. The van der Waals surface area contributed by atoms with Crippen molar-refractivity contribution < 1.29 is 14.2 Å². The van der Waals surface area contributed by atoms with E-state index in [9.17, 15) is 0 Å². The second-order valence-electron chi connectivity index (χ2n) is 10.1. The predicted molar refractivity (Wildman–Crippen MR) is 168 cm³/mol. The highest BCUT2D eigenvalue weighted by Gasteiger charge is 2.20. The number of benzene rings is 2. The number of nitrogens with zero attached hydrogens (tertiary/aromatic N) is 1. The number of methoxy groups -OCH3 is 2. The molecular weight excluding hydrogens is 496 g/mol. The lowest BCUT2D eigenvalue weighted by Gasteiger charge is -2.22. The Labute approximate surface area is 240 Å². The number of rotatable bonds is 10. The highest BCUT2D eigenvalue weighted by atomic mass is 16.5. The summed E-state index contributed by atoms with van der Waals surface area (Å²) in [5.74, 6) is 3.71. The maximum atomic E-state index is 6.28. The molecule has 1 heterocycles. The quantitative estimate of drug-likeness (QED) is 0.259. The fourth-order valence-corrected chi connectivity index (χ4v) is 4.92. The zero-order valence-corrected chi connectivity index (χ0v) is 25.6. The van der Waals surface area contributed by atoms with Gasteiger partial charge in [-0.25, -0.2) is 4.98 Å². The first-order valence-electron chi connectivity index (χ1n) is 14.5. The number of allylic oxidation sites excluding steroid dienone is 6. The van der Waals surface area contributed by atoms with Crippen molar-refractivity contribution in [2.24, 2.45) is 5.92 Å². The van der Waals surface area contributed by atoms with E-state index < -0.39 is 0 Å². The summed E-state index contributed by atoms with van der Waals surface area (Å²) in [5, 5.41) is 0. The molecule has 0 fully saturated rings. The minimum Gasteiger partial charge on any atom is -0.493 e. The van der Waals surface area contributed by atoms with Gasteiger partial charge in [-0.05, 0) is 97.4 Å². The van der Waals surface area contributed by atoms with Gasteiger partial charge in [0.2, 0.25) is 0 Å². The summed E-state index contributed by atoms with van der Waals surface area (Å²) in [4.78, 5) is 7.84. The van der Waals surface area contributed by atoms with Gasteiger partial charge in [0.05, 0.1) is 31.9 Å². The van der Waals surface area contributed by atoms with Crippen molar-refractivity contribution in [3.8, 4) is 16.9 Å². The second kappa shape index (κ2) is 15.2. The first-order valence-corrected chi connectivity index (χ1v) is 14.5. The molecule has 4 rings (SSSR count). The van der Waals surface area contributed by atoms with Gasteiger partial charge in [0.15, 0.2) is 11.5 Å². The Bertz CT molecular complexity index is 1390. The number of ether oxygens (including phenoxy) is 3. The van der Waals surface area contributed by atoms with Crippen LogP contribution in [-0.4, -0.2) is 30.8 Å². The van der Waals surface area contributed by atoms with E-state index in [0.717, 1.165) is 53.4 Å². The van der Waals surface area contributed by atoms with Gasteiger partial charge in [-0.15, -0.1) is 0 Å². The molecule has 0 bridgehead atoms. The Hall–Kier alpha value is -3.73. The van der Waals surface area contributed by atoms with Crippen LogP contribution < -0.4 is 4.74 Å². The van der Waals surface area contributed by atoms with Crippen molar-refractivity contribution in [1.82, 2.24) is 9.97 Å². The van der Waals surface area contributed by atoms with Crippen molar-refractivity contribution in [2.75, 3.05) is 20.8 Å². The SMILES string of the molecule is C/C=C\C(CCCOc1ccc(-c2ccc3nc(C)[nH]c3c2)cc1CC)=C1\C=C(OC)C(OC)=CC1C.CCC. The van der Waals surface area contributed by atoms with E-state index in [0.29, 0.717) is 6.61 Å². The number of nitrogens with one attached hydrogen (secondary N) is 1. The average molecular weight is 543 g/mol. The van der Waals surface area contributed by atoms with Gasteiger partial charge in [0.1, 0.15) is 11.6 Å². The van der Waals surface area contributed by atoms with Crippen LogP contribution in [0, 0.1) is 12.8 Å². The molecule has 1 atom stereocenters. The molecule has 5 nitrogen and oxygen atoms in total. The second-order valence-corrected chi connectivity index (χ2v) is 10.1. The maximum absolute atomic E-state index is 6.28. The summed E-state index contributed by atoms with van der Waals surface area (Å²) in [6.07, 6.45) is 12.5. The molecule has 0 radical (unpaired) electrons. The van der Waals surface area contributed by atoms with Crippen molar-refractivity contribution in [2.45, 2.75) is 67.2 Å². The molecule has 40 heavy (non-hydrogen) atoms. The van der Waals surface area contributed by atoms with Crippen molar-refractivity contribution in [1.29, 1.82) is 0 Å². The molecule has 0 saturated carbocycles. The molecule has 0 saturated heterocycles. The van der Waals surface area contributed by atoms with Crippen LogP contribution in [0.4, 0.5) is 0 Å². The third kappa shape index (κ3) is 7.68. The van der Waals surface area contributed by atoms with E-state index in [1.54, 1.807) is 14.2 Å². The van der Waals surface area contributed by atoms with E-state index >= 15 is 0 Å². The van der Waals surface area contributed by atoms with Crippen LogP contribution in [0.25, 0.3) is 22.2 Å². The average Bonchev–Trinajstić information content (AvgIpc) is 3.34. The molecule has 214 valence electrons. The number of aryl methyl sites for hydroxylation is 2. The number of aromatic nitrogens is 2. The topological polar surface area (TPSA) is 56.4 Å². The Morgan fingerprint density at radius 1 is 1.00 bits per heavy atom. The van der Waals surface area contributed by atoms with E-state index in [2.05, 4.69) is 105 Å². The Morgan fingerprint density at radius 2 is 1.70 bits per heavy atom. The van der Waals surface area contributed by atoms with Crippen LogP contribution in [-0.2, 0) is 15.9 Å². The fraction of sp³-hybridized carbons (Fsp3) is 0.400. The summed E-state index contributed by atoms with van der Waals surface area (Å²) >= 11 is 0. The van der Waals surface area contributed by atoms with Gasteiger partial charge < -0.3 is 19.2 Å². The number of imidazole rings is 1. The molecule has 1 aromatic heterocycles. The minimum absolute atomic E-state index is 0.255. The van der Waals surface area contributed by atoms with Crippen molar-refractivity contribution in [3.63, 3.8) is 0 Å². The highest BCUT2D eigenvalue weighted by molar-refractivity contribution is 5.82. The van der Waals surface area contributed by atoms with Crippen LogP contribution in [0.1, 0.15) is 65.3 Å². The summed E-state index contributed by atoms with van der Waals surface area (Å²) in [6, 6.07) is 12.9. The number of hydrogen-bond donors (Lipinski definition) is 1. The molecule has 3 aromatic rings. The van der Waals surface area contributed by atoms with Gasteiger partial charge >= 0.3 is 0 Å². The van der Waals surface area contributed by atoms with Crippen molar-refractivity contribution in [3.05, 3.63) is 94.8 Å². The minimum atomic E-state index is 0.255. The van der Waals surface area contributed by atoms with Crippen LogP contribution in [0.15, 0.2) is 83.4 Å². The smallest absolute Gasteiger partial charge is 0.160 e. The lowest BCUT2D eigenvalue weighted by atomic mass is 9.88. The molecule has 1 N–H and O–H groups in total. The monoisotopic (exact) mass is 542 g/mol. The van der Waals surface area contributed by atoms with Crippen LogP contribution in [0.3, 0.4) is 0 Å². The molecule has 2 aromatic carbocycles. The normalized spacial score (nSPS) is 16.2. The Kier molecular flexibility index (Phi) is 11.7. The molecule has 1 unspecified atom stereocenters. The number of hydrogen-bond acceptors (Lipinski definition) is 4. The molecular formula is C35H46N2O3. The van der Waals surface area contributed by atoms with Gasteiger partial charge in [0, 0.05) is 5.92 Å². The van der Waals surface area contributed by atoms with E-state index in [-0.39, 0.29) is 5.92 Å². The molecule has 0 spiro atoms. The molecule has 1 aliphatic carbocycles. The molecule has 0 aliphatic heterocycles. The van der Waals surface area contributed by atoms with Gasteiger partial charge in [0.25, 0.3) is 0 Å². The zero-order valence-electron chi connectivity index (χ0n) is 25.6. The Morgan fingerprint density at radius 3 is 2.38 bits per heavy atom. The third-order valence-electron chi connectivity index (χ3n) is 6.82. The molecule has 1 aliphatic rings. The summed E-state index contributed by atoms with van der Waals surface area (Å²) in [5.41, 5.74) is 8.21. The van der Waals surface area contributed by atoms with Crippen LogP contribution in [0.5, 0.6) is 5.75 Å². The summed E-state index contributed by atoms with van der Waals surface area (Å²) in [6.45, 7) is 13.3. The Balaban J connectivity index is 0.00000141. The van der Waals surface area contributed by atoms with Crippen LogP contribution >= 0.6 is 0 Å². The molecule has 5 heteroatoms. The summed E-state index contributed by atoms with van der Waals surface area (Å²) < 4.78 is 17.3. The fourth-order valence-electron chi connectivity index (χ4n) is 4.92. The third-order valence-corrected chi connectivity index (χ3v) is 6.82. The van der Waals surface area contributed by atoms with E-state index in [4.69, 9.17) is 14.2 Å². The van der Waals surface area contributed by atoms with Crippen molar-refractivity contribution >= 4 is 11.0 Å². The van der Waals surface area contributed by atoms with E-state index in [1.807, 2.05) is 6.92 Å².